The van der Waals surface area contributed by atoms with Gasteiger partial charge in [0.05, 0.1) is 52.0 Å². The second-order valence-corrected chi connectivity index (χ2v) is 37.4. The number of aromatic nitrogens is 1. The maximum absolute atomic E-state index is 14.7. The molecule has 22 nitrogen and oxygen atoms in total. The number of allylic oxidation sites excluding steroid dienone is 1. The van der Waals surface area contributed by atoms with E-state index in [0.29, 0.717) is 76.1 Å². The monoisotopic (exact) mass is 1630 g/mol. The maximum Gasteiger partial charge on any atom is 0.501 e. The maximum atomic E-state index is 14.7. The molecule has 5 heterocycles. The van der Waals surface area contributed by atoms with Gasteiger partial charge in [-0.1, -0.05) is 106 Å². The number of piperazine rings is 2. The zero-order valence-electron chi connectivity index (χ0n) is 64.0. The smallest absolute Gasteiger partial charge is 0.391 e. The molecule has 11 rings (SSSR count). The number of fused-ring (bicyclic) bond motifs is 3. The first kappa shape index (κ1) is 84.5. The SMILES string of the molecule is Cc1ncsc1-c1ccc([C@H](C)NC(=O)[C@@H]2C[C@@H](O)CN2C(=O)[C@@H](NC(=O)COCCOCCCCC(=O)N2CCN(CC[C@H](CSc3ccccc3)Nc3ccc(S(=O)(=O)NC(=O)c4ccc5c(c4)CCC4CN(CC6=C(c7ccc(Cl)cc7)CCC(C)(C)C6)CCN54)cc3S(=O)(=O)C(F)(F)F)CC2)C(C)(C)C)cc1. The third kappa shape index (κ3) is 21.9. The number of β-amino-alcohol motifs (C(OH)–C–C–N with tert-alkyl or cyclic N) is 1. The van der Waals surface area contributed by atoms with Crippen LogP contribution in [-0.2, 0) is 54.9 Å². The van der Waals surface area contributed by atoms with E-state index in [2.05, 4.69) is 61.6 Å². The first-order chi connectivity index (χ1) is 52.7. The highest BCUT2D eigenvalue weighted by Gasteiger charge is 2.49. The molecule has 0 saturated carbocycles. The summed E-state index contributed by atoms with van der Waals surface area (Å²) < 4.78 is 112. The molecule has 111 heavy (non-hydrogen) atoms. The first-order valence-corrected chi connectivity index (χ1v) is 43.2. The number of hydrogen-bond donors (Lipinski definition) is 5. The molecule has 0 bridgehead atoms. The van der Waals surface area contributed by atoms with Gasteiger partial charge in [0.1, 0.15) is 23.6 Å². The Balaban J connectivity index is 0.617. The Morgan fingerprint density at radius 1 is 0.811 bits per heavy atom. The number of unbranched alkanes of at least 4 members (excludes halogenated alkanes) is 1. The number of ether oxygens (including phenoxy) is 2. The summed E-state index contributed by atoms with van der Waals surface area (Å²) in [6, 6.07) is 29.7. The van der Waals surface area contributed by atoms with Crippen molar-refractivity contribution in [3.8, 4) is 10.4 Å². The van der Waals surface area contributed by atoms with Gasteiger partial charge in [-0.3, -0.25) is 33.8 Å². The molecular formula is C81H102ClF3N10O12S4. The molecule has 5 aliphatic rings. The molecule has 5 aromatic carbocycles. The van der Waals surface area contributed by atoms with Crippen molar-refractivity contribution in [1.82, 2.24) is 39.9 Å². The van der Waals surface area contributed by atoms with Gasteiger partial charge in [-0.25, -0.2) is 26.5 Å². The molecule has 4 aliphatic heterocycles. The Bertz CT molecular complexity index is 4540. The number of nitrogens with zero attached hydrogens (tertiary/aromatic N) is 6. The lowest BCUT2D eigenvalue weighted by molar-refractivity contribution is -0.144. The van der Waals surface area contributed by atoms with Crippen molar-refractivity contribution in [1.29, 1.82) is 0 Å². The molecule has 6 aromatic rings. The van der Waals surface area contributed by atoms with E-state index < -0.39 is 100 Å². The molecule has 1 aliphatic carbocycles. The number of likely N-dealkylation sites (tertiary alicyclic amines) is 1. The number of hydrogen-bond acceptors (Lipinski definition) is 19. The van der Waals surface area contributed by atoms with Crippen LogP contribution in [0.5, 0.6) is 0 Å². The summed E-state index contributed by atoms with van der Waals surface area (Å²) in [5.41, 5.74) is 3.60. The summed E-state index contributed by atoms with van der Waals surface area (Å²) in [6.07, 6.45) is 5.34. The van der Waals surface area contributed by atoms with E-state index in [1.165, 1.54) is 39.4 Å². The molecule has 5 amide bonds. The number of amides is 5. The number of carbonyl (C=O) groups excluding carboxylic acids is 5. The first-order valence-electron chi connectivity index (χ1n) is 38.0. The quantitative estimate of drug-likeness (QED) is 0.0200. The van der Waals surface area contributed by atoms with Crippen molar-refractivity contribution in [2.24, 2.45) is 10.8 Å². The number of aliphatic hydroxyl groups excluding tert-OH is 1. The van der Waals surface area contributed by atoms with Crippen LogP contribution in [0.25, 0.3) is 16.0 Å². The molecule has 3 fully saturated rings. The van der Waals surface area contributed by atoms with E-state index >= 15 is 0 Å². The van der Waals surface area contributed by atoms with Gasteiger partial charge in [0, 0.05) is 124 Å². The largest absolute Gasteiger partial charge is 0.501 e. The lowest BCUT2D eigenvalue weighted by Gasteiger charge is -2.47. The zero-order chi connectivity index (χ0) is 79.6. The van der Waals surface area contributed by atoms with Crippen molar-refractivity contribution >= 4 is 101 Å². The van der Waals surface area contributed by atoms with E-state index in [-0.39, 0.29) is 67.9 Å². The number of anilines is 2. The van der Waals surface area contributed by atoms with Gasteiger partial charge in [0.2, 0.25) is 23.6 Å². The Kier molecular flexibility index (Phi) is 28.0. The van der Waals surface area contributed by atoms with Crippen LogP contribution in [0.4, 0.5) is 24.5 Å². The highest BCUT2D eigenvalue weighted by molar-refractivity contribution is 7.99. The fourth-order valence-corrected chi connectivity index (χ4v) is 19.3. The number of thioether (sulfide) groups is 1. The summed E-state index contributed by atoms with van der Waals surface area (Å²) in [5, 5.41) is 20.3. The van der Waals surface area contributed by atoms with Crippen LogP contribution in [-0.4, -0.2) is 209 Å². The second kappa shape index (κ2) is 36.8. The average Bonchev–Trinajstić information content (AvgIpc) is 1.46. The number of thiazole rings is 1. The predicted molar refractivity (Wildman–Crippen MR) is 427 cm³/mol. The minimum absolute atomic E-state index is 0.0179. The number of carbonyl (C=O) groups is 5. The predicted octanol–water partition coefficient (Wildman–Crippen LogP) is 12.0. The topological polar surface area (TPSA) is 270 Å². The van der Waals surface area contributed by atoms with Crippen molar-refractivity contribution < 1.29 is 68.6 Å². The lowest BCUT2D eigenvalue weighted by Crippen LogP contribution is -2.58. The molecule has 1 aromatic heterocycles. The van der Waals surface area contributed by atoms with Crippen molar-refractivity contribution in [3.05, 3.63) is 159 Å². The summed E-state index contributed by atoms with van der Waals surface area (Å²) in [7, 11) is -11.1. The molecule has 3 saturated heterocycles. The van der Waals surface area contributed by atoms with Crippen molar-refractivity contribution in [2.75, 3.05) is 108 Å². The molecule has 0 radical (unpaired) electrons. The van der Waals surface area contributed by atoms with Crippen molar-refractivity contribution in [3.63, 3.8) is 0 Å². The van der Waals surface area contributed by atoms with E-state index in [9.17, 15) is 59.1 Å². The minimum atomic E-state index is -6.18. The van der Waals surface area contributed by atoms with Gasteiger partial charge < -0.3 is 45.2 Å². The Morgan fingerprint density at radius 3 is 2.23 bits per heavy atom. The number of sulfone groups is 1. The number of benzene rings is 5. The molecule has 5 N–H and O–H groups in total. The molecule has 6 atom stereocenters. The summed E-state index contributed by atoms with van der Waals surface area (Å²) in [5.74, 6) is -2.25. The third-order valence-electron chi connectivity index (χ3n) is 21.5. The van der Waals surface area contributed by atoms with E-state index in [1.807, 2.05) is 85.3 Å². The van der Waals surface area contributed by atoms with Crippen LogP contribution < -0.4 is 25.6 Å². The Labute approximate surface area is 663 Å². The van der Waals surface area contributed by atoms with Crippen LogP contribution in [0.3, 0.4) is 0 Å². The Morgan fingerprint density at radius 2 is 1.52 bits per heavy atom. The summed E-state index contributed by atoms with van der Waals surface area (Å²) >= 11 is 9.21. The number of nitrogens with one attached hydrogen (secondary N) is 4. The van der Waals surface area contributed by atoms with Crippen molar-refractivity contribution in [2.45, 2.75) is 169 Å². The number of halogens is 4. The van der Waals surface area contributed by atoms with Gasteiger partial charge in [-0.15, -0.1) is 23.1 Å². The fourth-order valence-electron chi connectivity index (χ4n) is 15.3. The van der Waals surface area contributed by atoms with Gasteiger partial charge in [-0.2, -0.15) is 13.2 Å². The van der Waals surface area contributed by atoms with Crippen LogP contribution in [0.2, 0.25) is 5.02 Å². The number of alkyl halides is 3. The van der Waals surface area contributed by atoms with Gasteiger partial charge in [-0.05, 0) is 165 Å². The molecule has 600 valence electrons. The number of aliphatic hydroxyl groups is 1. The highest BCUT2D eigenvalue weighted by atomic mass is 35.5. The fraction of sp³-hybridized carbons (Fsp3) is 0.506. The van der Waals surface area contributed by atoms with E-state index in [1.54, 1.807) is 54.7 Å². The lowest BCUT2D eigenvalue weighted by atomic mass is 9.72. The summed E-state index contributed by atoms with van der Waals surface area (Å²) in [6.45, 7) is 19.5. The molecule has 0 spiro atoms. The van der Waals surface area contributed by atoms with E-state index in [0.717, 1.165) is 102 Å². The van der Waals surface area contributed by atoms with E-state index in [4.69, 9.17) is 21.1 Å². The number of sulfonamides is 1. The molecular weight excluding hydrogens is 1530 g/mol. The number of aryl methyl sites for hydroxylation is 2. The normalized spacial score (nSPS) is 19.4. The molecule has 30 heteroatoms. The minimum Gasteiger partial charge on any atom is -0.391 e. The van der Waals surface area contributed by atoms with Crippen LogP contribution >= 0.6 is 34.7 Å². The zero-order valence-corrected chi connectivity index (χ0v) is 68.0. The highest BCUT2D eigenvalue weighted by Crippen LogP contribution is 2.44. The van der Waals surface area contributed by atoms with Crippen LogP contribution in [0, 0.1) is 17.8 Å². The van der Waals surface area contributed by atoms with Gasteiger partial charge in [0.15, 0.2) is 0 Å². The summed E-state index contributed by atoms with van der Waals surface area (Å²) in [4.78, 5) is 82.6. The van der Waals surface area contributed by atoms with Crippen LogP contribution in [0.15, 0.2) is 141 Å². The van der Waals surface area contributed by atoms with Gasteiger partial charge >= 0.3 is 5.51 Å². The average molecular weight is 1630 g/mol. The van der Waals surface area contributed by atoms with Gasteiger partial charge in [0.25, 0.3) is 25.8 Å². The standard InChI is InChI=1S/C81H102ClF3N10O12S4/c1-53(55-16-18-57(19-17-55)74-54(2)86-52-109-74)87-77(100)70-44-64(96)49-95(70)78(101)75(79(3,4)5)89-72(97)50-107-42-41-106-40-12-11-15-73(98)93-37-34-91(35-38-93)33-31-62(51-108-65-13-9-8-10-14-65)88-68-28-27-66(45-71(68)110(102,103)81(83,84)85)111(104,105)90-76(99)59-23-29-69-58(43-59)22-26-63-48-92(36-39-94(63)69)47-60-46-80(6,7)32-30-67(60)56-20-24-61(82)25-21-56/h8-10,13-14,16-21,23-25,27-29,43,45,52-53,62-64,70,75,88,96H,11-12,15,22,26,30-42,44,46-51H2,1-7H3,(H,87,100)(H,89,97)(H,90,99)/t53-,62+,63?,64+,70-,75+/m0/s1. The van der Waals surface area contributed by atoms with Crippen LogP contribution in [0.1, 0.15) is 138 Å². The number of rotatable bonds is 31. The molecule has 1 unspecified atom stereocenters. The second-order valence-electron chi connectivity index (χ2n) is 31.4. The third-order valence-corrected chi connectivity index (χ3v) is 26.8. The Hall–Kier alpha value is -7.45.